The van der Waals surface area contributed by atoms with Crippen LogP contribution in [0, 0.1) is 0 Å². The van der Waals surface area contributed by atoms with Crippen LogP contribution in [0.4, 0.5) is 8.78 Å². The molecule has 0 heterocycles. The Hall–Kier alpha value is -0.220. The Bertz CT molecular complexity index is 68.9. The van der Waals surface area contributed by atoms with Gasteiger partial charge in [-0.05, 0) is 6.42 Å². The van der Waals surface area contributed by atoms with Crippen LogP contribution >= 0.6 is 0 Å². The Balaban J connectivity index is 3.62. The van der Waals surface area contributed by atoms with E-state index in [9.17, 15) is 8.78 Å². The van der Waals surface area contributed by atoms with E-state index >= 15 is 0 Å². The van der Waals surface area contributed by atoms with Crippen molar-refractivity contribution in [2.75, 3.05) is 0 Å². The monoisotopic (exact) mass is 126 g/mol. The fourth-order valence-corrected chi connectivity index (χ4v) is 0.260. The van der Waals surface area contributed by atoms with Crippen molar-refractivity contribution in [1.82, 2.24) is 0 Å². The quantitative estimate of drug-likeness (QED) is 0.524. The molecule has 2 N–H and O–H groups in total. The molecule has 0 spiro atoms. The van der Waals surface area contributed by atoms with Crippen LogP contribution in [0.2, 0.25) is 0 Å². The molecule has 0 fully saturated rings. The molecule has 0 bridgehead atoms. The van der Waals surface area contributed by atoms with Crippen LogP contribution in [0.1, 0.15) is 13.3 Å². The van der Waals surface area contributed by atoms with Gasteiger partial charge in [-0.2, -0.15) is 4.39 Å². The Morgan fingerprint density at radius 3 is 2.00 bits per heavy atom. The summed E-state index contributed by atoms with van der Waals surface area (Å²) in [7, 11) is 0. The van der Waals surface area contributed by atoms with Gasteiger partial charge in [-0.3, -0.25) is 0 Å². The average Bonchev–Trinajstić information content (AvgIpc) is 1.62. The second-order valence-corrected chi connectivity index (χ2v) is 1.51. The highest BCUT2D eigenvalue weighted by atomic mass is 19.2. The number of rotatable bonds is 2. The van der Waals surface area contributed by atoms with E-state index in [4.69, 9.17) is 10.2 Å². The lowest BCUT2D eigenvalue weighted by molar-refractivity contribution is -0.293. The first-order chi connectivity index (χ1) is 3.48. The van der Waals surface area contributed by atoms with Gasteiger partial charge < -0.3 is 10.2 Å². The van der Waals surface area contributed by atoms with Crippen LogP contribution in [0.15, 0.2) is 0 Å². The van der Waals surface area contributed by atoms with Crippen LogP contribution < -0.4 is 0 Å². The van der Waals surface area contributed by atoms with Crippen molar-refractivity contribution in [2.45, 2.75) is 25.6 Å². The van der Waals surface area contributed by atoms with Gasteiger partial charge in [-0.1, -0.05) is 6.92 Å². The first-order valence-corrected chi connectivity index (χ1v) is 2.26. The van der Waals surface area contributed by atoms with Crippen molar-refractivity contribution >= 4 is 0 Å². The highest BCUT2D eigenvalue weighted by Gasteiger charge is 2.32. The lowest BCUT2D eigenvalue weighted by Gasteiger charge is -2.13. The highest BCUT2D eigenvalue weighted by Crippen LogP contribution is 2.14. The zero-order valence-electron chi connectivity index (χ0n) is 4.43. The van der Waals surface area contributed by atoms with E-state index in [-0.39, 0.29) is 6.42 Å². The molecule has 0 aliphatic carbocycles. The first kappa shape index (κ1) is 7.78. The van der Waals surface area contributed by atoms with Gasteiger partial charge in [0.15, 0.2) is 6.17 Å². The standard InChI is InChI=1S/C4H8F2O2/c1-2-3(5)4(6,7)8/h3,7-8H,2H2,1H3. The summed E-state index contributed by atoms with van der Waals surface area (Å²) >= 11 is 0. The lowest BCUT2D eigenvalue weighted by Crippen LogP contribution is -2.33. The number of hydrogen-bond acceptors (Lipinski definition) is 2. The molecule has 0 rings (SSSR count). The van der Waals surface area contributed by atoms with Crippen LogP contribution in [0.3, 0.4) is 0 Å². The lowest BCUT2D eigenvalue weighted by atomic mass is 10.3. The predicted molar refractivity (Wildman–Crippen MR) is 23.5 cm³/mol. The Morgan fingerprint density at radius 2 is 2.00 bits per heavy atom. The molecule has 0 aliphatic heterocycles. The van der Waals surface area contributed by atoms with E-state index in [1.165, 1.54) is 6.92 Å². The summed E-state index contributed by atoms with van der Waals surface area (Å²) in [5.74, 6) is 0. The zero-order chi connectivity index (χ0) is 6.78. The SMILES string of the molecule is CCC(F)C(O)(O)F. The van der Waals surface area contributed by atoms with Gasteiger partial charge in [0.05, 0.1) is 0 Å². The maximum absolute atomic E-state index is 11.8. The van der Waals surface area contributed by atoms with Crippen LogP contribution in [0.25, 0.3) is 0 Å². The van der Waals surface area contributed by atoms with Gasteiger partial charge in [0, 0.05) is 0 Å². The summed E-state index contributed by atoms with van der Waals surface area (Å²) in [5.41, 5.74) is 0. The van der Waals surface area contributed by atoms with Gasteiger partial charge in [-0.25, -0.2) is 4.39 Å². The molecule has 0 aromatic carbocycles. The third kappa shape index (κ3) is 2.18. The fourth-order valence-electron chi connectivity index (χ4n) is 0.260. The van der Waals surface area contributed by atoms with Crippen molar-refractivity contribution in [3.05, 3.63) is 0 Å². The summed E-state index contributed by atoms with van der Waals surface area (Å²) in [6, 6.07) is -3.66. The average molecular weight is 126 g/mol. The molecule has 0 saturated heterocycles. The predicted octanol–water partition coefficient (Wildman–Crippen LogP) is 0.342. The molecule has 0 aliphatic rings. The molecule has 0 aromatic heterocycles. The summed E-state index contributed by atoms with van der Waals surface area (Å²) in [6.07, 6.45) is -2.45. The highest BCUT2D eigenvalue weighted by molar-refractivity contribution is 4.60. The number of hydrogen-bond donors (Lipinski definition) is 2. The maximum Gasteiger partial charge on any atom is 0.347 e. The molecule has 0 amide bonds. The van der Waals surface area contributed by atoms with E-state index in [1.54, 1.807) is 0 Å². The van der Waals surface area contributed by atoms with Crippen molar-refractivity contribution in [3.8, 4) is 0 Å². The Labute approximate surface area is 45.8 Å². The van der Waals surface area contributed by atoms with Gasteiger partial charge in [0.1, 0.15) is 0 Å². The normalized spacial score (nSPS) is 16.1. The van der Waals surface area contributed by atoms with Gasteiger partial charge in [-0.15, -0.1) is 0 Å². The molecule has 0 radical (unpaired) electrons. The van der Waals surface area contributed by atoms with Gasteiger partial charge >= 0.3 is 6.04 Å². The third-order valence-electron chi connectivity index (χ3n) is 0.757. The molecule has 0 saturated carbocycles. The summed E-state index contributed by atoms with van der Waals surface area (Å²) in [6.45, 7) is 1.31. The molecular weight excluding hydrogens is 118 g/mol. The largest absolute Gasteiger partial charge is 0.347 e. The molecule has 8 heavy (non-hydrogen) atoms. The second kappa shape index (κ2) is 2.37. The molecule has 1 unspecified atom stereocenters. The molecule has 2 nitrogen and oxygen atoms in total. The zero-order valence-corrected chi connectivity index (χ0v) is 4.43. The van der Waals surface area contributed by atoms with Crippen molar-refractivity contribution in [1.29, 1.82) is 0 Å². The third-order valence-corrected chi connectivity index (χ3v) is 0.757. The number of aliphatic hydroxyl groups is 2. The molecule has 0 aromatic rings. The topological polar surface area (TPSA) is 40.5 Å². The van der Waals surface area contributed by atoms with E-state index in [0.29, 0.717) is 0 Å². The molecular formula is C4H8F2O2. The summed E-state index contributed by atoms with van der Waals surface area (Å²) < 4.78 is 23.3. The second-order valence-electron chi connectivity index (χ2n) is 1.51. The minimum absolute atomic E-state index is 0.247. The van der Waals surface area contributed by atoms with Crippen LogP contribution in [-0.4, -0.2) is 22.4 Å². The van der Waals surface area contributed by atoms with Gasteiger partial charge in [0.2, 0.25) is 0 Å². The first-order valence-electron chi connectivity index (χ1n) is 2.26. The smallest absolute Gasteiger partial charge is 0.338 e. The van der Waals surface area contributed by atoms with E-state index in [2.05, 4.69) is 0 Å². The Morgan fingerprint density at radius 1 is 1.62 bits per heavy atom. The van der Waals surface area contributed by atoms with E-state index in [1.807, 2.05) is 0 Å². The fraction of sp³-hybridized carbons (Fsp3) is 1.00. The number of alkyl halides is 2. The number of halogens is 2. The Kier molecular flexibility index (Phi) is 2.30. The van der Waals surface area contributed by atoms with E-state index < -0.39 is 12.2 Å². The summed E-state index contributed by atoms with van der Waals surface area (Å²) in [5, 5.41) is 15.6. The maximum atomic E-state index is 11.8. The van der Waals surface area contributed by atoms with Crippen molar-refractivity contribution in [3.63, 3.8) is 0 Å². The van der Waals surface area contributed by atoms with Crippen LogP contribution in [-0.2, 0) is 0 Å². The van der Waals surface area contributed by atoms with Gasteiger partial charge in [0.25, 0.3) is 0 Å². The molecule has 4 heteroatoms. The van der Waals surface area contributed by atoms with Crippen LogP contribution in [0.5, 0.6) is 0 Å². The minimum Gasteiger partial charge on any atom is -0.338 e. The van der Waals surface area contributed by atoms with Crippen molar-refractivity contribution in [2.24, 2.45) is 0 Å². The summed E-state index contributed by atoms with van der Waals surface area (Å²) in [4.78, 5) is 0. The van der Waals surface area contributed by atoms with E-state index in [0.717, 1.165) is 0 Å². The van der Waals surface area contributed by atoms with Crippen molar-refractivity contribution < 1.29 is 19.0 Å². The minimum atomic E-state index is -3.66. The molecule has 1 atom stereocenters. The molecule has 50 valence electrons.